The normalized spacial score (nSPS) is 12.2. The number of thiophene rings is 1. The van der Waals surface area contributed by atoms with Crippen LogP contribution in [0.15, 0.2) is 29.6 Å². The fourth-order valence-electron chi connectivity index (χ4n) is 1.81. The molecule has 0 aliphatic carbocycles. The SMILES string of the molecule is Cc1c(F)cc(C(N)=O)cc1NC(C)c1cccs1. The number of amides is 1. The van der Waals surface area contributed by atoms with Gasteiger partial charge in [-0.05, 0) is 37.4 Å². The molecule has 0 fully saturated rings. The van der Waals surface area contributed by atoms with Gasteiger partial charge in [0.1, 0.15) is 5.82 Å². The lowest BCUT2D eigenvalue weighted by atomic mass is 10.1. The highest BCUT2D eigenvalue weighted by Crippen LogP contribution is 2.27. The number of carbonyl (C=O) groups is 1. The number of benzene rings is 1. The third-order valence-corrected chi connectivity index (χ3v) is 4.03. The topological polar surface area (TPSA) is 55.1 Å². The molecule has 1 unspecified atom stereocenters. The summed E-state index contributed by atoms with van der Waals surface area (Å²) in [5, 5.41) is 5.20. The van der Waals surface area contributed by atoms with Crippen molar-refractivity contribution >= 4 is 22.9 Å². The number of carbonyl (C=O) groups excluding carboxylic acids is 1. The van der Waals surface area contributed by atoms with Gasteiger partial charge in [0.2, 0.25) is 5.91 Å². The summed E-state index contributed by atoms with van der Waals surface area (Å²) >= 11 is 1.62. The van der Waals surface area contributed by atoms with Crippen molar-refractivity contribution in [3.63, 3.8) is 0 Å². The van der Waals surface area contributed by atoms with Gasteiger partial charge in [-0.15, -0.1) is 11.3 Å². The standard InChI is InChI=1S/C14H15FN2OS/c1-8-11(15)6-10(14(16)18)7-12(8)17-9(2)13-4-3-5-19-13/h3-7,9,17H,1-2H3,(H2,16,18). The van der Waals surface area contributed by atoms with Crippen LogP contribution in [0.2, 0.25) is 0 Å². The lowest BCUT2D eigenvalue weighted by Gasteiger charge is -2.17. The number of nitrogens with two attached hydrogens (primary N) is 1. The van der Waals surface area contributed by atoms with Crippen molar-refractivity contribution in [2.24, 2.45) is 5.73 Å². The summed E-state index contributed by atoms with van der Waals surface area (Å²) in [6.45, 7) is 3.66. The smallest absolute Gasteiger partial charge is 0.248 e. The van der Waals surface area contributed by atoms with Crippen molar-refractivity contribution in [3.05, 3.63) is 51.5 Å². The molecule has 1 aromatic carbocycles. The van der Waals surface area contributed by atoms with Crippen LogP contribution in [0.5, 0.6) is 0 Å². The first-order chi connectivity index (χ1) is 8.99. The van der Waals surface area contributed by atoms with E-state index in [1.54, 1.807) is 24.3 Å². The second-order valence-corrected chi connectivity index (χ2v) is 5.36. The molecule has 0 aliphatic rings. The summed E-state index contributed by atoms with van der Waals surface area (Å²) in [5.74, 6) is -1.07. The van der Waals surface area contributed by atoms with Crippen molar-refractivity contribution in [1.82, 2.24) is 0 Å². The fraction of sp³-hybridized carbons (Fsp3) is 0.214. The van der Waals surface area contributed by atoms with E-state index in [9.17, 15) is 9.18 Å². The van der Waals surface area contributed by atoms with E-state index in [0.717, 1.165) is 4.88 Å². The number of hydrogen-bond acceptors (Lipinski definition) is 3. The quantitative estimate of drug-likeness (QED) is 0.899. The van der Waals surface area contributed by atoms with Gasteiger partial charge in [0, 0.05) is 21.7 Å². The zero-order valence-electron chi connectivity index (χ0n) is 10.7. The largest absolute Gasteiger partial charge is 0.377 e. The minimum Gasteiger partial charge on any atom is -0.377 e. The molecule has 100 valence electrons. The zero-order valence-corrected chi connectivity index (χ0v) is 11.6. The van der Waals surface area contributed by atoms with Crippen LogP contribution in [0.3, 0.4) is 0 Å². The number of anilines is 1. The van der Waals surface area contributed by atoms with Crippen LogP contribution in [0.25, 0.3) is 0 Å². The Morgan fingerprint density at radius 1 is 1.47 bits per heavy atom. The monoisotopic (exact) mass is 278 g/mol. The average Bonchev–Trinajstić information content (AvgIpc) is 2.88. The third-order valence-electron chi connectivity index (χ3n) is 2.97. The molecule has 0 bridgehead atoms. The maximum absolute atomic E-state index is 13.7. The summed E-state index contributed by atoms with van der Waals surface area (Å²) in [4.78, 5) is 12.3. The van der Waals surface area contributed by atoms with E-state index in [1.807, 2.05) is 24.4 Å². The van der Waals surface area contributed by atoms with Gasteiger partial charge in [-0.25, -0.2) is 4.39 Å². The highest BCUT2D eigenvalue weighted by Gasteiger charge is 2.13. The van der Waals surface area contributed by atoms with Gasteiger partial charge in [0.05, 0.1) is 6.04 Å². The van der Waals surface area contributed by atoms with Gasteiger partial charge < -0.3 is 11.1 Å². The van der Waals surface area contributed by atoms with Crippen molar-refractivity contribution in [3.8, 4) is 0 Å². The summed E-state index contributed by atoms with van der Waals surface area (Å²) in [7, 11) is 0. The van der Waals surface area contributed by atoms with Gasteiger partial charge in [-0.3, -0.25) is 4.79 Å². The molecule has 19 heavy (non-hydrogen) atoms. The molecule has 0 saturated heterocycles. The summed E-state index contributed by atoms with van der Waals surface area (Å²) < 4.78 is 13.7. The molecule has 0 aliphatic heterocycles. The zero-order chi connectivity index (χ0) is 14.0. The van der Waals surface area contributed by atoms with E-state index in [2.05, 4.69) is 5.32 Å². The molecular weight excluding hydrogens is 263 g/mol. The third kappa shape index (κ3) is 2.93. The molecule has 1 amide bonds. The Bertz CT molecular complexity index is 596. The Morgan fingerprint density at radius 2 is 2.21 bits per heavy atom. The number of hydrogen-bond donors (Lipinski definition) is 2. The number of primary amides is 1. The number of halogens is 1. The molecule has 0 radical (unpaired) electrons. The first-order valence-electron chi connectivity index (χ1n) is 5.89. The minimum atomic E-state index is -0.634. The molecule has 2 aromatic rings. The van der Waals surface area contributed by atoms with Gasteiger partial charge in [-0.1, -0.05) is 6.07 Å². The molecular formula is C14H15FN2OS. The predicted octanol–water partition coefficient (Wildman–Crippen LogP) is 3.47. The van der Waals surface area contributed by atoms with Crippen LogP contribution < -0.4 is 11.1 Å². The Morgan fingerprint density at radius 3 is 2.79 bits per heavy atom. The average molecular weight is 278 g/mol. The van der Waals surface area contributed by atoms with E-state index in [-0.39, 0.29) is 11.6 Å². The van der Waals surface area contributed by atoms with E-state index in [1.165, 1.54) is 6.07 Å². The van der Waals surface area contributed by atoms with Crippen molar-refractivity contribution in [2.75, 3.05) is 5.32 Å². The van der Waals surface area contributed by atoms with E-state index in [0.29, 0.717) is 11.3 Å². The van der Waals surface area contributed by atoms with Crippen molar-refractivity contribution in [2.45, 2.75) is 19.9 Å². The first kappa shape index (κ1) is 13.5. The Balaban J connectivity index is 2.31. The second kappa shape index (κ2) is 5.40. The summed E-state index contributed by atoms with van der Waals surface area (Å²) in [6.07, 6.45) is 0. The maximum Gasteiger partial charge on any atom is 0.248 e. The molecule has 2 rings (SSSR count). The molecule has 3 N–H and O–H groups in total. The van der Waals surface area contributed by atoms with E-state index in [4.69, 9.17) is 5.73 Å². The Hall–Kier alpha value is -1.88. The molecule has 3 nitrogen and oxygen atoms in total. The van der Waals surface area contributed by atoms with Gasteiger partial charge in [0.15, 0.2) is 0 Å². The van der Waals surface area contributed by atoms with Crippen LogP contribution in [-0.2, 0) is 0 Å². The number of nitrogens with one attached hydrogen (secondary N) is 1. The van der Waals surface area contributed by atoms with Crippen LogP contribution in [0, 0.1) is 12.7 Å². The number of rotatable bonds is 4. The second-order valence-electron chi connectivity index (χ2n) is 4.38. The van der Waals surface area contributed by atoms with E-state index >= 15 is 0 Å². The van der Waals surface area contributed by atoms with Crippen LogP contribution in [0.1, 0.15) is 33.8 Å². The maximum atomic E-state index is 13.7. The first-order valence-corrected chi connectivity index (χ1v) is 6.77. The van der Waals surface area contributed by atoms with E-state index < -0.39 is 11.7 Å². The van der Waals surface area contributed by atoms with Gasteiger partial charge in [-0.2, -0.15) is 0 Å². The van der Waals surface area contributed by atoms with Crippen molar-refractivity contribution < 1.29 is 9.18 Å². The molecule has 0 spiro atoms. The molecule has 5 heteroatoms. The molecule has 1 heterocycles. The van der Waals surface area contributed by atoms with Crippen LogP contribution >= 0.6 is 11.3 Å². The molecule has 0 saturated carbocycles. The van der Waals surface area contributed by atoms with Crippen molar-refractivity contribution in [1.29, 1.82) is 0 Å². The highest BCUT2D eigenvalue weighted by atomic mass is 32.1. The predicted molar refractivity (Wildman–Crippen MR) is 76.0 cm³/mol. The Kier molecular flexibility index (Phi) is 3.85. The van der Waals surface area contributed by atoms with Gasteiger partial charge in [0.25, 0.3) is 0 Å². The van der Waals surface area contributed by atoms with Crippen LogP contribution in [0.4, 0.5) is 10.1 Å². The minimum absolute atomic E-state index is 0.0428. The Labute approximate surface area is 115 Å². The lowest BCUT2D eigenvalue weighted by molar-refractivity contribution is 0.1000. The molecule has 1 atom stereocenters. The van der Waals surface area contributed by atoms with Gasteiger partial charge >= 0.3 is 0 Å². The van der Waals surface area contributed by atoms with Crippen LogP contribution in [-0.4, -0.2) is 5.91 Å². The molecule has 1 aromatic heterocycles. The fourth-order valence-corrected chi connectivity index (χ4v) is 2.55. The summed E-state index contributed by atoms with van der Waals surface area (Å²) in [6, 6.07) is 6.77. The lowest BCUT2D eigenvalue weighted by Crippen LogP contribution is -2.14. The summed E-state index contributed by atoms with van der Waals surface area (Å²) in [5.41, 5.74) is 6.44. The highest BCUT2D eigenvalue weighted by molar-refractivity contribution is 7.10.